The van der Waals surface area contributed by atoms with Crippen molar-refractivity contribution in [1.29, 1.82) is 0 Å². The van der Waals surface area contributed by atoms with E-state index in [9.17, 15) is 9.59 Å². The summed E-state index contributed by atoms with van der Waals surface area (Å²) in [5.74, 6) is 0.296. The third-order valence-electron chi connectivity index (χ3n) is 7.15. The zero-order chi connectivity index (χ0) is 26.1. The molecule has 2 heterocycles. The predicted octanol–water partition coefficient (Wildman–Crippen LogP) is 7.04. The Balaban J connectivity index is 1.59. The van der Waals surface area contributed by atoms with Crippen LogP contribution in [0.5, 0.6) is 5.75 Å². The number of ketones is 1. The van der Waals surface area contributed by atoms with E-state index in [1.54, 1.807) is 37.4 Å². The van der Waals surface area contributed by atoms with Gasteiger partial charge in [-0.25, -0.2) is 4.98 Å². The first-order valence-electron chi connectivity index (χ1n) is 12.6. The number of nitrogens with zero attached hydrogens (tertiary/aromatic N) is 2. The van der Waals surface area contributed by atoms with Gasteiger partial charge in [0.25, 0.3) is 0 Å². The van der Waals surface area contributed by atoms with E-state index in [2.05, 4.69) is 9.97 Å². The highest BCUT2D eigenvalue weighted by Crippen LogP contribution is 2.36. The molecule has 1 N–H and O–H groups in total. The van der Waals surface area contributed by atoms with Crippen LogP contribution in [0, 0.1) is 13.8 Å². The summed E-state index contributed by atoms with van der Waals surface area (Å²) in [5, 5.41) is 4.03. The summed E-state index contributed by atoms with van der Waals surface area (Å²) in [5.41, 5.74) is 4.34. The van der Waals surface area contributed by atoms with Crippen molar-refractivity contribution in [3.8, 4) is 5.75 Å². The molecule has 0 spiro atoms. The lowest BCUT2D eigenvalue weighted by Gasteiger charge is -2.32. The number of rotatable bonds is 7. The molecule has 0 aliphatic heterocycles. The van der Waals surface area contributed by atoms with E-state index in [-0.39, 0.29) is 24.2 Å². The Hall–Kier alpha value is -3.16. The summed E-state index contributed by atoms with van der Waals surface area (Å²) in [4.78, 5) is 37.7. The van der Waals surface area contributed by atoms with Crippen molar-refractivity contribution in [2.45, 2.75) is 58.4 Å². The molecule has 0 atom stereocenters. The van der Waals surface area contributed by atoms with Crippen molar-refractivity contribution in [1.82, 2.24) is 9.97 Å². The number of aromatic nitrogens is 2. The van der Waals surface area contributed by atoms with Gasteiger partial charge in [0.05, 0.1) is 24.8 Å². The number of amides is 1. The highest BCUT2D eigenvalue weighted by atomic mass is 35.5. The van der Waals surface area contributed by atoms with Crippen LogP contribution in [0.2, 0.25) is 5.02 Å². The Morgan fingerprint density at radius 1 is 1.11 bits per heavy atom. The van der Waals surface area contributed by atoms with Gasteiger partial charge in [-0.05, 0) is 68.7 Å². The van der Waals surface area contributed by atoms with Gasteiger partial charge in [-0.3, -0.25) is 14.5 Å². The number of fused-ring (bicyclic) bond motifs is 1. The highest BCUT2D eigenvalue weighted by Gasteiger charge is 2.31. The topological polar surface area (TPSA) is 75.3 Å². The molecular weight excluding hydrogens is 506 g/mol. The number of benzene rings is 2. The summed E-state index contributed by atoms with van der Waals surface area (Å²) >= 11 is 7.57. The zero-order valence-corrected chi connectivity index (χ0v) is 22.8. The maximum atomic E-state index is 14.0. The lowest BCUT2D eigenvalue weighted by molar-refractivity contribution is -0.118. The van der Waals surface area contributed by atoms with E-state index in [0.29, 0.717) is 21.9 Å². The highest BCUT2D eigenvalue weighted by molar-refractivity contribution is 7.14. The van der Waals surface area contributed by atoms with Crippen molar-refractivity contribution in [2.24, 2.45) is 0 Å². The predicted molar refractivity (Wildman–Crippen MR) is 149 cm³/mol. The van der Waals surface area contributed by atoms with Gasteiger partial charge in [-0.2, -0.15) is 0 Å². The number of H-pyrrole nitrogens is 1. The molecule has 2 aromatic heterocycles. The van der Waals surface area contributed by atoms with Crippen molar-refractivity contribution in [3.63, 3.8) is 0 Å². The molecule has 37 heavy (non-hydrogen) atoms. The van der Waals surface area contributed by atoms with Crippen LogP contribution in [0.1, 0.15) is 65.0 Å². The maximum absolute atomic E-state index is 14.0. The van der Waals surface area contributed by atoms with Crippen molar-refractivity contribution in [2.75, 3.05) is 12.0 Å². The molecule has 0 bridgehead atoms. The number of thiazole rings is 1. The number of nitrogens with one attached hydrogen (secondary N) is 1. The lowest BCUT2D eigenvalue weighted by Crippen LogP contribution is -2.42. The molecule has 6 nitrogen and oxygen atoms in total. The van der Waals surface area contributed by atoms with Crippen molar-refractivity contribution in [3.05, 3.63) is 74.9 Å². The number of hydrogen-bond donors (Lipinski definition) is 1. The van der Waals surface area contributed by atoms with Crippen LogP contribution in [0.25, 0.3) is 10.9 Å². The van der Waals surface area contributed by atoms with E-state index in [1.165, 1.54) is 17.8 Å². The fourth-order valence-corrected chi connectivity index (χ4v) is 6.34. The van der Waals surface area contributed by atoms with Gasteiger partial charge in [0.15, 0.2) is 10.9 Å². The van der Waals surface area contributed by atoms with Crippen LogP contribution >= 0.6 is 22.9 Å². The zero-order valence-electron chi connectivity index (χ0n) is 21.3. The van der Waals surface area contributed by atoms with E-state index in [1.807, 2.05) is 30.2 Å². The largest absolute Gasteiger partial charge is 0.496 e. The minimum atomic E-state index is -0.175. The molecule has 1 saturated carbocycles. The molecule has 8 heteroatoms. The molecule has 0 unspecified atom stereocenters. The third kappa shape index (κ3) is 5.03. The molecule has 0 radical (unpaired) electrons. The van der Waals surface area contributed by atoms with Crippen LogP contribution in [-0.4, -0.2) is 34.8 Å². The van der Waals surface area contributed by atoms with Crippen LogP contribution in [-0.2, 0) is 11.2 Å². The Morgan fingerprint density at radius 2 is 1.84 bits per heavy atom. The molecule has 1 aliphatic rings. The second-order valence-electron chi connectivity index (χ2n) is 9.63. The van der Waals surface area contributed by atoms with Crippen molar-refractivity contribution >= 4 is 50.7 Å². The average molecular weight is 536 g/mol. The Bertz CT molecular complexity index is 1450. The molecule has 1 aliphatic carbocycles. The van der Waals surface area contributed by atoms with Gasteiger partial charge >= 0.3 is 0 Å². The van der Waals surface area contributed by atoms with Crippen molar-refractivity contribution < 1.29 is 14.3 Å². The number of methoxy groups -OCH3 is 1. The van der Waals surface area contributed by atoms with Gasteiger partial charge in [-0.15, -0.1) is 11.3 Å². The van der Waals surface area contributed by atoms with Gasteiger partial charge in [-0.1, -0.05) is 30.9 Å². The second-order valence-corrected chi connectivity index (χ2v) is 10.9. The SMILES string of the molecule is COc1ccc2[nH]c(C)c(CC(=O)N(c3nc(C)cs3)C3CCCCC3)c2c1C(=O)c1ccc(Cl)cc1. The van der Waals surface area contributed by atoms with Crippen LogP contribution in [0.4, 0.5) is 5.13 Å². The van der Waals surface area contributed by atoms with E-state index >= 15 is 0 Å². The first kappa shape index (κ1) is 25.5. The number of hydrogen-bond acceptors (Lipinski definition) is 5. The summed E-state index contributed by atoms with van der Waals surface area (Å²) in [6, 6.07) is 10.7. The molecule has 192 valence electrons. The number of ether oxygens (including phenoxy) is 1. The first-order valence-corrected chi connectivity index (χ1v) is 13.9. The number of carbonyl (C=O) groups is 2. The van der Waals surface area contributed by atoms with Crippen LogP contribution in [0.15, 0.2) is 41.8 Å². The summed E-state index contributed by atoms with van der Waals surface area (Å²) in [6.07, 6.45) is 5.54. The fraction of sp³-hybridized carbons (Fsp3) is 0.345. The Kier molecular flexibility index (Phi) is 7.36. The molecule has 5 rings (SSSR count). The Morgan fingerprint density at radius 3 is 2.49 bits per heavy atom. The van der Waals surface area contributed by atoms with Crippen LogP contribution in [0.3, 0.4) is 0 Å². The fourth-order valence-electron chi connectivity index (χ4n) is 5.32. The third-order valence-corrected chi connectivity index (χ3v) is 8.36. The molecule has 4 aromatic rings. The molecule has 1 amide bonds. The number of carbonyl (C=O) groups excluding carboxylic acids is 2. The normalized spacial score (nSPS) is 14.2. The van der Waals surface area contributed by atoms with Gasteiger partial charge in [0, 0.05) is 38.6 Å². The summed E-state index contributed by atoms with van der Waals surface area (Å²) < 4.78 is 5.64. The summed E-state index contributed by atoms with van der Waals surface area (Å²) in [7, 11) is 1.56. The number of aromatic amines is 1. The minimum absolute atomic E-state index is 0.00189. The quantitative estimate of drug-likeness (QED) is 0.257. The molecule has 2 aromatic carbocycles. The smallest absolute Gasteiger partial charge is 0.233 e. The lowest BCUT2D eigenvalue weighted by atomic mass is 9.93. The average Bonchev–Trinajstić information content (AvgIpc) is 3.46. The van der Waals surface area contributed by atoms with E-state index in [4.69, 9.17) is 16.3 Å². The maximum Gasteiger partial charge on any atom is 0.233 e. The monoisotopic (exact) mass is 535 g/mol. The number of anilines is 1. The van der Waals surface area contributed by atoms with E-state index in [0.717, 1.165) is 58.7 Å². The molecular formula is C29H30ClN3O3S. The van der Waals surface area contributed by atoms with Gasteiger partial charge in [0.1, 0.15) is 5.75 Å². The minimum Gasteiger partial charge on any atom is -0.496 e. The van der Waals surface area contributed by atoms with Gasteiger partial charge < -0.3 is 9.72 Å². The number of aryl methyl sites for hydroxylation is 2. The first-order chi connectivity index (χ1) is 17.9. The number of halogens is 1. The second kappa shape index (κ2) is 10.7. The Labute approximate surface area is 225 Å². The molecule has 1 fully saturated rings. The van der Waals surface area contributed by atoms with Crippen LogP contribution < -0.4 is 9.64 Å². The summed E-state index contributed by atoms with van der Waals surface area (Å²) in [6.45, 7) is 3.90. The molecule has 0 saturated heterocycles. The van der Waals surface area contributed by atoms with Gasteiger partial charge in [0.2, 0.25) is 5.91 Å². The standard InChI is InChI=1S/C29H30ClN3O3S/c1-17-16-37-29(31-17)33(21-7-5-4-6-8-21)25(34)15-22-18(2)32-23-13-14-24(36-3)27(26(22)23)28(35)19-9-11-20(30)12-10-19/h9-14,16,21,32H,4-8,15H2,1-3H3. The van der Waals surface area contributed by atoms with E-state index < -0.39 is 0 Å².